The van der Waals surface area contributed by atoms with E-state index in [-0.39, 0.29) is 6.17 Å². The maximum Gasteiger partial charge on any atom is 0.218 e. The average Bonchev–Trinajstić information content (AvgIpc) is 2.71. The fourth-order valence-electron chi connectivity index (χ4n) is 1.63. The van der Waals surface area contributed by atoms with E-state index in [2.05, 4.69) is 16.8 Å². The highest BCUT2D eigenvalue weighted by Crippen LogP contribution is 2.16. The van der Waals surface area contributed by atoms with Gasteiger partial charge in [0, 0.05) is 6.54 Å². The van der Waals surface area contributed by atoms with Crippen molar-refractivity contribution >= 4 is 17.3 Å². The first-order valence-electron chi connectivity index (χ1n) is 5.72. The number of ether oxygens (including phenoxy) is 1. The molecule has 4 nitrogen and oxygen atoms in total. The molecule has 0 saturated carbocycles. The summed E-state index contributed by atoms with van der Waals surface area (Å²) in [5.41, 5.74) is 1.21. The van der Waals surface area contributed by atoms with Gasteiger partial charge in [0.05, 0.1) is 0 Å². The molecule has 5 heteroatoms. The van der Waals surface area contributed by atoms with E-state index in [4.69, 9.17) is 17.0 Å². The van der Waals surface area contributed by atoms with Gasteiger partial charge in [-0.05, 0) is 31.3 Å². The highest BCUT2D eigenvalue weighted by Gasteiger charge is 2.25. The Morgan fingerprint density at radius 1 is 1.44 bits per heavy atom. The molecule has 0 fully saturated rings. The van der Waals surface area contributed by atoms with Gasteiger partial charge in [-0.25, -0.2) is 0 Å². The van der Waals surface area contributed by atoms with E-state index in [0.717, 1.165) is 5.75 Å². The van der Waals surface area contributed by atoms with Crippen LogP contribution in [-0.4, -0.2) is 29.3 Å². The number of aryl methyl sites for hydroxylation is 1. The van der Waals surface area contributed by atoms with Crippen LogP contribution in [0, 0.1) is 6.92 Å². The average molecular weight is 261 g/mol. The maximum absolute atomic E-state index is 5.68. The second-order valence-electron chi connectivity index (χ2n) is 4.04. The number of rotatable bonds is 5. The summed E-state index contributed by atoms with van der Waals surface area (Å²) >= 11 is 5.09. The molecule has 0 spiro atoms. The highest BCUT2D eigenvalue weighted by molar-refractivity contribution is 7.80. The van der Waals surface area contributed by atoms with Gasteiger partial charge in [-0.15, -0.1) is 11.7 Å². The predicted molar refractivity (Wildman–Crippen MR) is 74.8 cm³/mol. The van der Waals surface area contributed by atoms with E-state index in [1.807, 2.05) is 36.1 Å². The smallest absolute Gasteiger partial charge is 0.218 e. The molecule has 0 N–H and O–H groups in total. The van der Waals surface area contributed by atoms with Crippen LogP contribution in [0.1, 0.15) is 5.56 Å². The SMILES string of the molecule is C=CCN1C(=S)N=NC1COc1ccc(C)cc1. The fourth-order valence-corrected chi connectivity index (χ4v) is 1.87. The number of benzene rings is 1. The Bertz CT molecular complexity index is 470. The third kappa shape index (κ3) is 2.92. The molecule has 1 atom stereocenters. The third-order valence-electron chi connectivity index (χ3n) is 2.63. The summed E-state index contributed by atoms with van der Waals surface area (Å²) in [5, 5.41) is 8.48. The molecule has 0 bridgehead atoms. The Morgan fingerprint density at radius 3 is 2.83 bits per heavy atom. The number of thiocarbonyl (C=S) groups is 1. The molecule has 1 aliphatic heterocycles. The summed E-state index contributed by atoms with van der Waals surface area (Å²) in [6.07, 6.45) is 1.62. The molecule has 94 valence electrons. The summed E-state index contributed by atoms with van der Waals surface area (Å²) in [4.78, 5) is 1.89. The van der Waals surface area contributed by atoms with Crippen LogP contribution < -0.4 is 4.74 Å². The minimum atomic E-state index is -0.156. The zero-order valence-electron chi connectivity index (χ0n) is 10.2. The lowest BCUT2D eigenvalue weighted by Gasteiger charge is -2.21. The van der Waals surface area contributed by atoms with Crippen molar-refractivity contribution in [1.82, 2.24) is 4.90 Å². The van der Waals surface area contributed by atoms with E-state index in [9.17, 15) is 0 Å². The quantitative estimate of drug-likeness (QED) is 0.604. The Balaban J connectivity index is 1.93. The van der Waals surface area contributed by atoms with Gasteiger partial charge in [-0.2, -0.15) is 5.11 Å². The van der Waals surface area contributed by atoms with Crippen molar-refractivity contribution in [2.45, 2.75) is 13.1 Å². The topological polar surface area (TPSA) is 37.2 Å². The summed E-state index contributed by atoms with van der Waals surface area (Å²) in [6.45, 7) is 6.80. The molecule has 0 saturated heterocycles. The van der Waals surface area contributed by atoms with Gasteiger partial charge in [0.2, 0.25) is 5.11 Å². The number of nitrogens with zero attached hydrogens (tertiary/aromatic N) is 3. The monoisotopic (exact) mass is 261 g/mol. The Kier molecular flexibility index (Phi) is 4.04. The third-order valence-corrected chi connectivity index (χ3v) is 2.94. The minimum Gasteiger partial charge on any atom is -0.489 e. The van der Waals surface area contributed by atoms with Crippen molar-refractivity contribution in [3.63, 3.8) is 0 Å². The minimum absolute atomic E-state index is 0.156. The Morgan fingerprint density at radius 2 is 2.17 bits per heavy atom. The van der Waals surface area contributed by atoms with Gasteiger partial charge in [-0.1, -0.05) is 23.8 Å². The van der Waals surface area contributed by atoms with Crippen molar-refractivity contribution < 1.29 is 4.74 Å². The molecule has 1 aliphatic rings. The summed E-state index contributed by atoms with van der Waals surface area (Å²) < 4.78 is 5.68. The number of hydrogen-bond acceptors (Lipinski definition) is 3. The molecular formula is C13H15N3OS. The van der Waals surface area contributed by atoms with Crippen molar-refractivity contribution in [3.05, 3.63) is 42.5 Å². The van der Waals surface area contributed by atoms with Gasteiger partial charge >= 0.3 is 0 Å². The van der Waals surface area contributed by atoms with Gasteiger partial charge < -0.3 is 9.64 Å². The summed E-state index contributed by atoms with van der Waals surface area (Å²) in [5.74, 6) is 0.826. The van der Waals surface area contributed by atoms with Crippen molar-refractivity contribution in [3.8, 4) is 5.75 Å². The molecule has 2 rings (SSSR count). The van der Waals surface area contributed by atoms with Crippen LogP contribution in [0.3, 0.4) is 0 Å². The zero-order chi connectivity index (χ0) is 13.0. The maximum atomic E-state index is 5.68. The summed E-state index contributed by atoms with van der Waals surface area (Å²) in [7, 11) is 0. The lowest BCUT2D eigenvalue weighted by atomic mass is 10.2. The largest absolute Gasteiger partial charge is 0.489 e. The van der Waals surface area contributed by atoms with Crippen LogP contribution >= 0.6 is 12.2 Å². The molecule has 0 aromatic heterocycles. The van der Waals surface area contributed by atoms with Crippen LogP contribution in [0.15, 0.2) is 47.1 Å². The molecule has 0 radical (unpaired) electrons. The first kappa shape index (κ1) is 12.7. The van der Waals surface area contributed by atoms with Gasteiger partial charge in [0.1, 0.15) is 12.4 Å². The second kappa shape index (κ2) is 5.73. The first-order chi connectivity index (χ1) is 8.70. The zero-order valence-corrected chi connectivity index (χ0v) is 11.1. The van der Waals surface area contributed by atoms with Crippen molar-refractivity contribution in [1.29, 1.82) is 0 Å². The Hall–Kier alpha value is -1.75. The molecule has 1 unspecified atom stereocenters. The van der Waals surface area contributed by atoms with Crippen molar-refractivity contribution in [2.75, 3.05) is 13.2 Å². The van der Waals surface area contributed by atoms with E-state index in [0.29, 0.717) is 18.3 Å². The summed E-state index contributed by atoms with van der Waals surface area (Å²) in [6, 6.07) is 7.91. The Labute approximate surface area is 112 Å². The fraction of sp³-hybridized carbons (Fsp3) is 0.308. The van der Waals surface area contributed by atoms with Crippen molar-refractivity contribution in [2.24, 2.45) is 10.2 Å². The molecular weight excluding hydrogens is 246 g/mol. The van der Waals surface area contributed by atoms with E-state index in [1.54, 1.807) is 6.08 Å². The van der Waals surface area contributed by atoms with Crippen LogP contribution in [0.4, 0.5) is 0 Å². The number of hydrogen-bond donors (Lipinski definition) is 0. The van der Waals surface area contributed by atoms with E-state index in [1.165, 1.54) is 5.56 Å². The van der Waals surface area contributed by atoms with Crippen LogP contribution in [-0.2, 0) is 0 Å². The predicted octanol–water partition coefficient (Wildman–Crippen LogP) is 2.94. The van der Waals surface area contributed by atoms with Crippen LogP contribution in [0.2, 0.25) is 0 Å². The van der Waals surface area contributed by atoms with E-state index >= 15 is 0 Å². The van der Waals surface area contributed by atoms with Gasteiger partial charge in [-0.3, -0.25) is 0 Å². The van der Waals surface area contributed by atoms with Gasteiger partial charge in [0.25, 0.3) is 0 Å². The lowest BCUT2D eigenvalue weighted by molar-refractivity contribution is 0.220. The molecule has 1 heterocycles. The normalized spacial score (nSPS) is 18.2. The molecule has 1 aromatic rings. The van der Waals surface area contributed by atoms with E-state index < -0.39 is 0 Å². The van der Waals surface area contributed by atoms with Gasteiger partial charge in [0.15, 0.2) is 6.17 Å². The second-order valence-corrected chi connectivity index (χ2v) is 4.41. The molecule has 1 aromatic carbocycles. The first-order valence-corrected chi connectivity index (χ1v) is 6.13. The van der Waals surface area contributed by atoms with Crippen LogP contribution in [0.5, 0.6) is 5.75 Å². The molecule has 0 aliphatic carbocycles. The lowest BCUT2D eigenvalue weighted by Crippen LogP contribution is -2.36. The standard InChI is InChI=1S/C13H15N3OS/c1-3-8-16-12(14-15-13(16)18)9-17-11-6-4-10(2)5-7-11/h3-7,12H,1,8-9H2,2H3. The highest BCUT2D eigenvalue weighted by atomic mass is 32.1. The molecule has 0 amide bonds. The molecule has 18 heavy (non-hydrogen) atoms. The van der Waals surface area contributed by atoms with Crippen LogP contribution in [0.25, 0.3) is 0 Å². The number of azo groups is 1.